The summed E-state index contributed by atoms with van der Waals surface area (Å²) in [7, 11) is 0. The van der Waals surface area contributed by atoms with E-state index >= 15 is 0 Å². The van der Waals surface area contributed by atoms with Crippen molar-refractivity contribution in [2.75, 3.05) is 16.4 Å². The Morgan fingerprint density at radius 3 is 2.47 bits per heavy atom. The third kappa shape index (κ3) is 6.31. The number of aromatic nitrogens is 3. The van der Waals surface area contributed by atoms with Crippen LogP contribution in [0, 0.1) is 0 Å². The third-order valence-electron chi connectivity index (χ3n) is 5.71. The van der Waals surface area contributed by atoms with E-state index in [2.05, 4.69) is 25.4 Å². The minimum absolute atomic E-state index is 0.141. The minimum Gasteiger partial charge on any atom is -0.378 e. The molecule has 10 heteroatoms. The molecule has 0 atom stereocenters. The van der Waals surface area contributed by atoms with E-state index < -0.39 is 11.7 Å². The quantitative estimate of drug-likeness (QED) is 0.372. The number of anilines is 2. The zero-order valence-electron chi connectivity index (χ0n) is 18.5. The SMILES string of the molecule is O=C(CSc1nnc(CNc2cccc(C(F)(F)F)c2)n1C1CCCCC1)Nc1ccccc1. The number of alkyl halides is 3. The molecule has 2 N–H and O–H groups in total. The van der Waals surface area contributed by atoms with Crippen LogP contribution in [0.3, 0.4) is 0 Å². The second kappa shape index (κ2) is 10.9. The maximum absolute atomic E-state index is 13.0. The molecule has 1 amide bonds. The number of hydrogen-bond acceptors (Lipinski definition) is 5. The van der Waals surface area contributed by atoms with Crippen molar-refractivity contribution in [3.05, 3.63) is 66.0 Å². The number of benzene rings is 2. The van der Waals surface area contributed by atoms with Crippen molar-refractivity contribution < 1.29 is 18.0 Å². The highest BCUT2D eigenvalue weighted by Crippen LogP contribution is 2.34. The van der Waals surface area contributed by atoms with Crippen LogP contribution in [0.4, 0.5) is 24.5 Å². The summed E-state index contributed by atoms with van der Waals surface area (Å²) in [6.45, 7) is 0.238. The molecular formula is C24H26F3N5OS. The maximum atomic E-state index is 13.0. The van der Waals surface area contributed by atoms with Crippen LogP contribution >= 0.6 is 11.8 Å². The van der Waals surface area contributed by atoms with Crippen molar-refractivity contribution in [1.82, 2.24) is 14.8 Å². The number of thioether (sulfide) groups is 1. The zero-order valence-corrected chi connectivity index (χ0v) is 19.3. The number of nitrogens with zero attached hydrogens (tertiary/aromatic N) is 3. The van der Waals surface area contributed by atoms with Gasteiger partial charge in [-0.2, -0.15) is 13.2 Å². The predicted molar refractivity (Wildman–Crippen MR) is 127 cm³/mol. The van der Waals surface area contributed by atoms with Crippen LogP contribution in [0.5, 0.6) is 0 Å². The largest absolute Gasteiger partial charge is 0.416 e. The highest BCUT2D eigenvalue weighted by atomic mass is 32.2. The van der Waals surface area contributed by atoms with Gasteiger partial charge < -0.3 is 15.2 Å². The van der Waals surface area contributed by atoms with Crippen LogP contribution in [0.25, 0.3) is 0 Å². The van der Waals surface area contributed by atoms with Crippen molar-refractivity contribution >= 4 is 29.0 Å². The van der Waals surface area contributed by atoms with Gasteiger partial charge in [-0.25, -0.2) is 0 Å². The number of carbonyl (C=O) groups is 1. The number of rotatable bonds is 8. The van der Waals surface area contributed by atoms with Crippen LogP contribution in [0.2, 0.25) is 0 Å². The van der Waals surface area contributed by atoms with Crippen LogP contribution < -0.4 is 10.6 Å². The molecule has 2 aromatic carbocycles. The molecule has 34 heavy (non-hydrogen) atoms. The normalized spacial score (nSPS) is 14.7. The molecular weight excluding hydrogens is 463 g/mol. The summed E-state index contributed by atoms with van der Waals surface area (Å²) in [5.41, 5.74) is 0.393. The first-order valence-corrected chi connectivity index (χ1v) is 12.2. The predicted octanol–water partition coefficient (Wildman–Crippen LogP) is 6.15. The van der Waals surface area contributed by atoms with Crippen molar-refractivity contribution in [3.63, 3.8) is 0 Å². The lowest BCUT2D eigenvalue weighted by Crippen LogP contribution is -2.19. The number of hydrogen-bond donors (Lipinski definition) is 2. The van der Waals surface area contributed by atoms with E-state index in [0.717, 1.165) is 43.5 Å². The topological polar surface area (TPSA) is 71.8 Å². The second-order valence-electron chi connectivity index (χ2n) is 8.20. The van der Waals surface area contributed by atoms with Gasteiger partial charge in [0.05, 0.1) is 17.9 Å². The van der Waals surface area contributed by atoms with Crippen molar-refractivity contribution in [3.8, 4) is 0 Å². The standard InChI is InChI=1S/C24H26F3N5OS/c25-24(26,27)17-8-7-11-19(14-17)28-15-21-30-31-23(32(21)20-12-5-2-6-13-20)34-16-22(33)29-18-9-3-1-4-10-18/h1,3-4,7-11,14,20,28H,2,5-6,12-13,15-16H2,(H,29,33). The van der Waals surface area contributed by atoms with Gasteiger partial charge in [0, 0.05) is 17.4 Å². The highest BCUT2D eigenvalue weighted by Gasteiger charge is 2.30. The third-order valence-corrected chi connectivity index (χ3v) is 6.65. The monoisotopic (exact) mass is 489 g/mol. The lowest BCUT2D eigenvalue weighted by Gasteiger charge is -2.25. The molecule has 0 saturated heterocycles. The van der Waals surface area contributed by atoms with Gasteiger partial charge >= 0.3 is 6.18 Å². The number of nitrogens with one attached hydrogen (secondary N) is 2. The number of carbonyl (C=O) groups excluding carboxylic acids is 1. The fraction of sp³-hybridized carbons (Fsp3) is 0.375. The first-order chi connectivity index (χ1) is 16.4. The lowest BCUT2D eigenvalue weighted by molar-refractivity contribution is -0.137. The Morgan fingerprint density at radius 2 is 1.74 bits per heavy atom. The van der Waals surface area contributed by atoms with Gasteiger partial charge in [-0.05, 0) is 43.2 Å². The first-order valence-electron chi connectivity index (χ1n) is 11.2. The molecule has 4 rings (SSSR count). The lowest BCUT2D eigenvalue weighted by atomic mass is 9.95. The van der Waals surface area contributed by atoms with Crippen LogP contribution in [0.1, 0.15) is 49.5 Å². The zero-order chi connectivity index (χ0) is 24.0. The van der Waals surface area contributed by atoms with Gasteiger partial charge in [0.1, 0.15) is 0 Å². The first kappa shape index (κ1) is 24.1. The molecule has 0 spiro atoms. The average molecular weight is 490 g/mol. The van der Waals surface area contributed by atoms with E-state index in [0.29, 0.717) is 16.7 Å². The maximum Gasteiger partial charge on any atom is 0.416 e. The summed E-state index contributed by atoms with van der Waals surface area (Å²) in [6.07, 6.45) is 0.947. The van der Waals surface area contributed by atoms with Gasteiger partial charge in [-0.1, -0.05) is 55.3 Å². The fourth-order valence-electron chi connectivity index (χ4n) is 4.07. The molecule has 0 aliphatic heterocycles. The fourth-order valence-corrected chi connectivity index (χ4v) is 4.89. The molecule has 180 valence electrons. The Balaban J connectivity index is 1.46. The summed E-state index contributed by atoms with van der Waals surface area (Å²) < 4.78 is 41.2. The van der Waals surface area contributed by atoms with Crippen LogP contribution in [-0.4, -0.2) is 26.4 Å². The molecule has 3 aromatic rings. The number of para-hydroxylation sites is 1. The Kier molecular flexibility index (Phi) is 7.77. The summed E-state index contributed by atoms with van der Waals surface area (Å²) in [4.78, 5) is 12.4. The Bertz CT molecular complexity index is 1100. The van der Waals surface area contributed by atoms with Crippen LogP contribution in [0.15, 0.2) is 59.8 Å². The van der Waals surface area contributed by atoms with E-state index in [1.54, 1.807) is 6.07 Å². The summed E-state index contributed by atoms with van der Waals surface area (Å²) >= 11 is 1.32. The molecule has 1 fully saturated rings. The van der Waals surface area contributed by atoms with Crippen molar-refractivity contribution in [2.45, 2.75) is 56.0 Å². The van der Waals surface area contributed by atoms with E-state index in [9.17, 15) is 18.0 Å². The molecule has 1 aliphatic carbocycles. The smallest absolute Gasteiger partial charge is 0.378 e. The van der Waals surface area contributed by atoms with Gasteiger partial charge in [-0.15, -0.1) is 10.2 Å². The second-order valence-corrected chi connectivity index (χ2v) is 9.14. The number of amides is 1. The summed E-state index contributed by atoms with van der Waals surface area (Å²) in [5, 5.41) is 15.2. The molecule has 6 nitrogen and oxygen atoms in total. The van der Waals surface area contributed by atoms with E-state index in [1.807, 2.05) is 30.3 Å². The molecule has 0 unspecified atom stereocenters. The molecule has 1 heterocycles. The molecule has 1 aliphatic rings. The summed E-state index contributed by atoms with van der Waals surface area (Å²) in [5.74, 6) is 0.689. The van der Waals surface area contributed by atoms with Crippen molar-refractivity contribution in [1.29, 1.82) is 0 Å². The Morgan fingerprint density at radius 1 is 1.00 bits per heavy atom. The minimum atomic E-state index is -4.40. The summed E-state index contributed by atoms with van der Waals surface area (Å²) in [6, 6.07) is 14.6. The van der Waals surface area contributed by atoms with E-state index in [-0.39, 0.29) is 24.2 Å². The van der Waals surface area contributed by atoms with E-state index in [1.165, 1.54) is 24.2 Å². The van der Waals surface area contributed by atoms with Gasteiger partial charge in [0.15, 0.2) is 11.0 Å². The van der Waals surface area contributed by atoms with Gasteiger partial charge in [0.2, 0.25) is 5.91 Å². The van der Waals surface area contributed by atoms with Crippen LogP contribution in [-0.2, 0) is 17.5 Å². The number of halogens is 3. The highest BCUT2D eigenvalue weighted by molar-refractivity contribution is 7.99. The molecule has 1 aromatic heterocycles. The average Bonchev–Trinajstić information content (AvgIpc) is 3.25. The Labute approximate surface area is 200 Å². The molecule has 0 radical (unpaired) electrons. The van der Waals surface area contributed by atoms with Crippen molar-refractivity contribution in [2.24, 2.45) is 0 Å². The van der Waals surface area contributed by atoms with Gasteiger partial charge in [0.25, 0.3) is 0 Å². The Hall–Kier alpha value is -3.01. The van der Waals surface area contributed by atoms with Gasteiger partial charge in [-0.3, -0.25) is 4.79 Å². The molecule has 1 saturated carbocycles. The van der Waals surface area contributed by atoms with E-state index in [4.69, 9.17) is 0 Å². The molecule has 0 bridgehead atoms.